The second-order valence-electron chi connectivity index (χ2n) is 7.89. The highest BCUT2D eigenvalue weighted by molar-refractivity contribution is 5.93. The zero-order valence-corrected chi connectivity index (χ0v) is 16.2. The van der Waals surface area contributed by atoms with Gasteiger partial charge in [-0.15, -0.1) is 0 Å². The maximum atomic E-state index is 12.5. The van der Waals surface area contributed by atoms with Crippen LogP contribution in [0.2, 0.25) is 0 Å². The third kappa shape index (κ3) is 4.77. The lowest BCUT2D eigenvalue weighted by molar-refractivity contribution is -0.117. The number of furan rings is 1. The van der Waals surface area contributed by atoms with Gasteiger partial charge in [-0.1, -0.05) is 39.0 Å². The van der Waals surface area contributed by atoms with Gasteiger partial charge in [-0.2, -0.15) is 0 Å². The molecule has 0 aliphatic carbocycles. The second-order valence-corrected chi connectivity index (χ2v) is 7.89. The molecule has 144 valence electrons. The van der Waals surface area contributed by atoms with Crippen molar-refractivity contribution in [2.45, 2.75) is 26.2 Å². The number of hydrogen-bond acceptors (Lipinski definition) is 4. The van der Waals surface area contributed by atoms with Crippen LogP contribution in [0.25, 0.3) is 0 Å². The van der Waals surface area contributed by atoms with Crippen LogP contribution in [0.4, 0.5) is 5.69 Å². The summed E-state index contributed by atoms with van der Waals surface area (Å²) in [5, 5.41) is 3.04. The van der Waals surface area contributed by atoms with Gasteiger partial charge in [0.25, 0.3) is 5.91 Å². The van der Waals surface area contributed by atoms with E-state index in [0.717, 1.165) is 11.3 Å². The molecule has 1 aromatic heterocycles. The minimum atomic E-state index is -0.0943. The first kappa shape index (κ1) is 19.2. The van der Waals surface area contributed by atoms with Gasteiger partial charge in [0.05, 0.1) is 12.8 Å². The maximum absolute atomic E-state index is 12.5. The summed E-state index contributed by atoms with van der Waals surface area (Å²) in [4.78, 5) is 28.6. The molecule has 0 bridgehead atoms. The summed E-state index contributed by atoms with van der Waals surface area (Å²) in [5.74, 6) is 0.237. The molecule has 0 unspecified atom stereocenters. The molecule has 0 atom stereocenters. The number of nitrogens with zero attached hydrogens (tertiary/aromatic N) is 2. The van der Waals surface area contributed by atoms with Crippen LogP contribution in [0.3, 0.4) is 0 Å². The molecule has 0 radical (unpaired) electrons. The maximum Gasteiger partial charge on any atom is 0.289 e. The van der Waals surface area contributed by atoms with Gasteiger partial charge in [0, 0.05) is 31.9 Å². The van der Waals surface area contributed by atoms with Crippen molar-refractivity contribution in [2.75, 3.05) is 38.0 Å². The Morgan fingerprint density at radius 2 is 1.74 bits per heavy atom. The number of amides is 2. The smallest absolute Gasteiger partial charge is 0.289 e. The van der Waals surface area contributed by atoms with Crippen LogP contribution in [0.1, 0.15) is 36.9 Å². The van der Waals surface area contributed by atoms with Crippen LogP contribution in [-0.2, 0) is 10.2 Å². The van der Waals surface area contributed by atoms with Crippen LogP contribution in [0, 0.1) is 0 Å². The first-order chi connectivity index (χ1) is 12.8. The quantitative estimate of drug-likeness (QED) is 0.900. The molecule has 27 heavy (non-hydrogen) atoms. The van der Waals surface area contributed by atoms with Crippen LogP contribution in [0.5, 0.6) is 0 Å². The highest BCUT2D eigenvalue weighted by atomic mass is 16.3. The Labute approximate surface area is 160 Å². The zero-order valence-electron chi connectivity index (χ0n) is 16.2. The van der Waals surface area contributed by atoms with Gasteiger partial charge in [0.15, 0.2) is 5.76 Å². The molecule has 1 aliphatic rings. The van der Waals surface area contributed by atoms with Gasteiger partial charge in [0.2, 0.25) is 5.91 Å². The van der Waals surface area contributed by atoms with Gasteiger partial charge in [-0.3, -0.25) is 14.5 Å². The number of carbonyl (C=O) groups excluding carboxylic acids is 2. The lowest BCUT2D eigenvalue weighted by Crippen LogP contribution is -2.50. The van der Waals surface area contributed by atoms with Crippen molar-refractivity contribution in [2.24, 2.45) is 0 Å². The Morgan fingerprint density at radius 1 is 1.04 bits per heavy atom. The van der Waals surface area contributed by atoms with Crippen LogP contribution < -0.4 is 5.32 Å². The summed E-state index contributed by atoms with van der Waals surface area (Å²) in [5.41, 5.74) is 1.94. The van der Waals surface area contributed by atoms with Crippen LogP contribution in [-0.4, -0.2) is 54.3 Å². The molecule has 1 aromatic carbocycles. The number of carbonyl (C=O) groups is 2. The summed E-state index contributed by atoms with van der Waals surface area (Å²) < 4.78 is 5.18. The van der Waals surface area contributed by atoms with Crippen molar-refractivity contribution in [3.8, 4) is 0 Å². The van der Waals surface area contributed by atoms with E-state index in [4.69, 9.17) is 4.42 Å². The van der Waals surface area contributed by atoms with Crippen LogP contribution >= 0.6 is 0 Å². The molecule has 0 spiro atoms. The fraction of sp³-hybridized carbons (Fsp3) is 0.429. The Bertz CT molecular complexity index is 785. The minimum Gasteiger partial charge on any atom is -0.459 e. The number of benzene rings is 1. The largest absolute Gasteiger partial charge is 0.459 e. The van der Waals surface area contributed by atoms with Crippen molar-refractivity contribution < 1.29 is 14.0 Å². The predicted octanol–water partition coefficient (Wildman–Crippen LogP) is 2.97. The fourth-order valence-electron chi connectivity index (χ4n) is 3.30. The van der Waals surface area contributed by atoms with E-state index in [1.165, 1.54) is 6.26 Å². The van der Waals surface area contributed by atoms with Crippen LogP contribution in [0.15, 0.2) is 47.1 Å². The molecule has 2 aromatic rings. The van der Waals surface area contributed by atoms with Crippen molar-refractivity contribution in [3.63, 3.8) is 0 Å². The molecule has 1 fully saturated rings. The summed E-state index contributed by atoms with van der Waals surface area (Å²) in [6, 6.07) is 11.3. The minimum absolute atomic E-state index is 0.0301. The van der Waals surface area contributed by atoms with E-state index in [1.54, 1.807) is 17.0 Å². The molecular formula is C21H27N3O3. The van der Waals surface area contributed by atoms with Crippen molar-refractivity contribution in [1.29, 1.82) is 0 Å². The average molecular weight is 369 g/mol. The normalized spacial score (nSPS) is 15.6. The number of anilines is 1. The Hall–Kier alpha value is -2.60. The SMILES string of the molecule is CC(C)(C)c1ccccc1NC(=O)CN1CCN(C(=O)c2ccco2)CC1. The standard InChI is InChI=1S/C21H27N3O3/c1-21(2,3)16-7-4-5-8-17(16)22-19(25)15-23-10-12-24(13-11-23)20(26)18-9-6-14-27-18/h4-9,14H,10-13,15H2,1-3H3,(H,22,25). The average Bonchev–Trinajstić information content (AvgIpc) is 3.16. The fourth-order valence-corrected chi connectivity index (χ4v) is 3.30. The van der Waals surface area contributed by atoms with Gasteiger partial charge in [-0.05, 0) is 29.2 Å². The lowest BCUT2D eigenvalue weighted by Gasteiger charge is -2.34. The summed E-state index contributed by atoms with van der Waals surface area (Å²) in [7, 11) is 0. The topological polar surface area (TPSA) is 65.8 Å². The summed E-state index contributed by atoms with van der Waals surface area (Å²) >= 11 is 0. The highest BCUT2D eigenvalue weighted by Gasteiger charge is 2.25. The Balaban J connectivity index is 1.53. The molecule has 2 amide bonds. The Morgan fingerprint density at radius 3 is 2.37 bits per heavy atom. The van der Waals surface area contributed by atoms with E-state index in [9.17, 15) is 9.59 Å². The number of nitrogens with one attached hydrogen (secondary N) is 1. The van der Waals surface area contributed by atoms with E-state index in [0.29, 0.717) is 38.5 Å². The molecular weight excluding hydrogens is 342 g/mol. The molecule has 1 N–H and O–H groups in total. The van der Waals surface area contributed by atoms with E-state index in [-0.39, 0.29) is 17.2 Å². The molecule has 1 aliphatic heterocycles. The van der Waals surface area contributed by atoms with Gasteiger partial charge in [-0.25, -0.2) is 0 Å². The van der Waals surface area contributed by atoms with E-state index >= 15 is 0 Å². The van der Waals surface area contributed by atoms with Crippen molar-refractivity contribution >= 4 is 17.5 Å². The first-order valence-corrected chi connectivity index (χ1v) is 9.29. The number of hydrogen-bond donors (Lipinski definition) is 1. The van der Waals surface area contributed by atoms with Crippen molar-refractivity contribution in [3.05, 3.63) is 54.0 Å². The van der Waals surface area contributed by atoms with Gasteiger partial charge in [0.1, 0.15) is 0 Å². The summed E-state index contributed by atoms with van der Waals surface area (Å²) in [6.45, 7) is 9.23. The molecule has 0 saturated carbocycles. The van der Waals surface area contributed by atoms with E-state index < -0.39 is 0 Å². The van der Waals surface area contributed by atoms with E-state index in [2.05, 4.69) is 37.1 Å². The number of piperazine rings is 1. The number of para-hydroxylation sites is 1. The zero-order chi connectivity index (χ0) is 19.4. The predicted molar refractivity (Wildman–Crippen MR) is 105 cm³/mol. The van der Waals surface area contributed by atoms with Crippen molar-refractivity contribution in [1.82, 2.24) is 9.80 Å². The third-order valence-electron chi connectivity index (χ3n) is 4.77. The molecule has 6 heteroatoms. The monoisotopic (exact) mass is 369 g/mol. The van der Waals surface area contributed by atoms with Gasteiger partial charge >= 0.3 is 0 Å². The molecule has 3 rings (SSSR count). The second kappa shape index (κ2) is 7.96. The molecule has 6 nitrogen and oxygen atoms in total. The van der Waals surface area contributed by atoms with Gasteiger partial charge < -0.3 is 14.6 Å². The molecule has 1 saturated heterocycles. The Kier molecular flexibility index (Phi) is 5.65. The summed E-state index contributed by atoms with van der Waals surface area (Å²) in [6.07, 6.45) is 1.50. The lowest BCUT2D eigenvalue weighted by atomic mass is 9.86. The molecule has 2 heterocycles. The third-order valence-corrected chi connectivity index (χ3v) is 4.77. The first-order valence-electron chi connectivity index (χ1n) is 9.29. The number of rotatable bonds is 4. The van der Waals surface area contributed by atoms with E-state index in [1.807, 2.05) is 18.2 Å². The highest BCUT2D eigenvalue weighted by Crippen LogP contribution is 2.29.